The van der Waals surface area contributed by atoms with Crippen molar-refractivity contribution >= 4 is 0 Å². The smallest absolute Gasteiger partial charge is 0.0477 e. The summed E-state index contributed by atoms with van der Waals surface area (Å²) in [6, 6.07) is 19.5. The van der Waals surface area contributed by atoms with Gasteiger partial charge >= 0.3 is 0 Å². The molecule has 3 rings (SSSR count). The molecule has 0 aliphatic carbocycles. The lowest BCUT2D eigenvalue weighted by Crippen LogP contribution is -2.29. The average molecular weight is 238 g/mol. The van der Waals surface area contributed by atoms with E-state index in [-0.39, 0.29) is 0 Å². The predicted molar refractivity (Wildman–Crippen MR) is 73.9 cm³/mol. The van der Waals surface area contributed by atoms with Crippen molar-refractivity contribution in [3.05, 3.63) is 71.3 Å². The highest BCUT2D eigenvalue weighted by atomic mass is 15.2. The molecule has 2 nitrogen and oxygen atoms in total. The van der Waals surface area contributed by atoms with E-state index in [1.54, 1.807) is 0 Å². The number of benzene rings is 2. The van der Waals surface area contributed by atoms with Gasteiger partial charge in [-0.1, -0.05) is 54.6 Å². The maximum Gasteiger partial charge on any atom is 0.0477 e. The standard InChI is InChI=1S/C16H18N2/c17-10-16(13-6-2-1-3-7-13)18-11-14-8-4-5-9-15(14)12-18/h1-9,16H,10-12,17H2. The second-order valence-electron chi connectivity index (χ2n) is 4.84. The van der Waals surface area contributed by atoms with Gasteiger partial charge in [0.05, 0.1) is 0 Å². The molecule has 1 aliphatic rings. The molecule has 0 amide bonds. The van der Waals surface area contributed by atoms with Gasteiger partial charge in [-0.2, -0.15) is 0 Å². The summed E-state index contributed by atoms with van der Waals surface area (Å²) in [7, 11) is 0. The molecule has 92 valence electrons. The van der Waals surface area contributed by atoms with E-state index < -0.39 is 0 Å². The lowest BCUT2D eigenvalue weighted by atomic mass is 10.1. The van der Waals surface area contributed by atoms with E-state index in [1.165, 1.54) is 16.7 Å². The summed E-state index contributed by atoms with van der Waals surface area (Å²) in [6.45, 7) is 2.68. The summed E-state index contributed by atoms with van der Waals surface area (Å²) >= 11 is 0. The molecular weight excluding hydrogens is 220 g/mol. The molecule has 0 saturated carbocycles. The highest BCUT2D eigenvalue weighted by Gasteiger charge is 2.25. The van der Waals surface area contributed by atoms with Crippen LogP contribution in [0.2, 0.25) is 0 Å². The van der Waals surface area contributed by atoms with Gasteiger partial charge in [0.2, 0.25) is 0 Å². The lowest BCUT2D eigenvalue weighted by Gasteiger charge is -2.26. The number of hydrogen-bond donors (Lipinski definition) is 1. The van der Waals surface area contributed by atoms with Gasteiger partial charge < -0.3 is 5.73 Å². The van der Waals surface area contributed by atoms with Crippen molar-refractivity contribution < 1.29 is 0 Å². The Morgan fingerprint density at radius 3 is 2.00 bits per heavy atom. The molecule has 0 spiro atoms. The minimum Gasteiger partial charge on any atom is -0.329 e. The molecule has 2 N–H and O–H groups in total. The molecule has 0 fully saturated rings. The first-order valence-electron chi connectivity index (χ1n) is 6.44. The Bertz CT molecular complexity index is 497. The Labute approximate surface area is 108 Å². The number of nitrogens with zero attached hydrogens (tertiary/aromatic N) is 1. The molecule has 2 aromatic rings. The van der Waals surface area contributed by atoms with Crippen LogP contribution < -0.4 is 5.73 Å². The van der Waals surface area contributed by atoms with Gasteiger partial charge in [-0.05, 0) is 16.7 Å². The Morgan fingerprint density at radius 2 is 1.44 bits per heavy atom. The van der Waals surface area contributed by atoms with Gasteiger partial charge in [0.1, 0.15) is 0 Å². The van der Waals surface area contributed by atoms with Gasteiger partial charge in [-0.3, -0.25) is 4.90 Å². The zero-order chi connectivity index (χ0) is 12.4. The molecule has 1 unspecified atom stereocenters. The van der Waals surface area contributed by atoms with Crippen molar-refractivity contribution in [3.63, 3.8) is 0 Å². The molecule has 1 atom stereocenters. The second-order valence-corrected chi connectivity index (χ2v) is 4.84. The summed E-state index contributed by atoms with van der Waals surface area (Å²) in [5, 5.41) is 0. The largest absolute Gasteiger partial charge is 0.329 e. The highest BCUT2D eigenvalue weighted by Crippen LogP contribution is 2.30. The van der Waals surface area contributed by atoms with Gasteiger partial charge in [0.15, 0.2) is 0 Å². The van der Waals surface area contributed by atoms with Crippen LogP contribution in [-0.4, -0.2) is 11.4 Å². The van der Waals surface area contributed by atoms with E-state index in [9.17, 15) is 0 Å². The first kappa shape index (κ1) is 11.5. The third kappa shape index (κ3) is 2.05. The first-order valence-corrected chi connectivity index (χ1v) is 6.44. The van der Waals surface area contributed by atoms with E-state index in [4.69, 9.17) is 5.73 Å². The zero-order valence-electron chi connectivity index (χ0n) is 10.4. The maximum atomic E-state index is 5.98. The fraction of sp³-hybridized carbons (Fsp3) is 0.250. The predicted octanol–water partition coefficient (Wildman–Crippen LogP) is 2.70. The molecule has 0 radical (unpaired) electrons. The summed E-state index contributed by atoms with van der Waals surface area (Å²) in [5.74, 6) is 0. The van der Waals surface area contributed by atoms with Crippen molar-refractivity contribution in [2.24, 2.45) is 5.73 Å². The van der Waals surface area contributed by atoms with E-state index >= 15 is 0 Å². The van der Waals surface area contributed by atoms with E-state index in [2.05, 4.69) is 59.5 Å². The summed E-state index contributed by atoms with van der Waals surface area (Å²) in [5.41, 5.74) is 10.2. The van der Waals surface area contributed by atoms with Crippen molar-refractivity contribution in [1.82, 2.24) is 4.90 Å². The number of nitrogens with two attached hydrogens (primary N) is 1. The lowest BCUT2D eigenvalue weighted by molar-refractivity contribution is 0.205. The molecule has 2 heteroatoms. The molecule has 0 bridgehead atoms. The minimum absolute atomic E-state index is 0.318. The highest BCUT2D eigenvalue weighted by molar-refractivity contribution is 5.31. The van der Waals surface area contributed by atoms with E-state index in [0.29, 0.717) is 12.6 Å². The first-order chi connectivity index (χ1) is 8.88. The average Bonchev–Trinajstić information content (AvgIpc) is 2.84. The topological polar surface area (TPSA) is 29.3 Å². The van der Waals surface area contributed by atoms with Crippen LogP contribution >= 0.6 is 0 Å². The van der Waals surface area contributed by atoms with Crippen LogP contribution in [0.5, 0.6) is 0 Å². The summed E-state index contributed by atoms with van der Waals surface area (Å²) in [6.07, 6.45) is 0. The molecule has 1 heterocycles. The molecule has 0 saturated heterocycles. The Balaban J connectivity index is 1.84. The quantitative estimate of drug-likeness (QED) is 0.891. The third-order valence-electron chi connectivity index (χ3n) is 3.71. The molecule has 2 aromatic carbocycles. The number of hydrogen-bond acceptors (Lipinski definition) is 2. The SMILES string of the molecule is NCC(c1ccccc1)N1Cc2ccccc2C1. The Kier molecular flexibility index (Phi) is 3.13. The van der Waals surface area contributed by atoms with Crippen molar-refractivity contribution in [3.8, 4) is 0 Å². The van der Waals surface area contributed by atoms with Gasteiger partial charge in [0.25, 0.3) is 0 Å². The minimum atomic E-state index is 0.318. The summed E-state index contributed by atoms with van der Waals surface area (Å²) < 4.78 is 0. The normalized spacial score (nSPS) is 16.5. The van der Waals surface area contributed by atoms with Crippen molar-refractivity contribution in [2.45, 2.75) is 19.1 Å². The fourth-order valence-electron chi connectivity index (χ4n) is 2.75. The third-order valence-corrected chi connectivity index (χ3v) is 3.71. The fourth-order valence-corrected chi connectivity index (χ4v) is 2.75. The van der Waals surface area contributed by atoms with Gasteiger partial charge in [0, 0.05) is 25.7 Å². The number of fused-ring (bicyclic) bond motifs is 1. The maximum absolute atomic E-state index is 5.98. The molecular formula is C16H18N2. The van der Waals surface area contributed by atoms with Crippen LogP contribution in [0.1, 0.15) is 22.7 Å². The van der Waals surface area contributed by atoms with Crippen molar-refractivity contribution in [1.29, 1.82) is 0 Å². The molecule has 18 heavy (non-hydrogen) atoms. The summed E-state index contributed by atoms with van der Waals surface area (Å²) in [4.78, 5) is 2.46. The van der Waals surface area contributed by atoms with Crippen LogP contribution in [0.4, 0.5) is 0 Å². The van der Waals surface area contributed by atoms with E-state index in [0.717, 1.165) is 13.1 Å². The van der Waals surface area contributed by atoms with E-state index in [1.807, 2.05) is 0 Å². The van der Waals surface area contributed by atoms with Crippen LogP contribution in [0, 0.1) is 0 Å². The Hall–Kier alpha value is -1.64. The van der Waals surface area contributed by atoms with Crippen molar-refractivity contribution in [2.75, 3.05) is 6.54 Å². The van der Waals surface area contributed by atoms with Gasteiger partial charge in [-0.15, -0.1) is 0 Å². The molecule has 1 aliphatic heterocycles. The van der Waals surface area contributed by atoms with Gasteiger partial charge in [-0.25, -0.2) is 0 Å². The zero-order valence-corrected chi connectivity index (χ0v) is 10.4. The van der Waals surface area contributed by atoms with Crippen LogP contribution in [0.15, 0.2) is 54.6 Å². The Morgan fingerprint density at radius 1 is 0.889 bits per heavy atom. The van der Waals surface area contributed by atoms with Crippen LogP contribution in [0.25, 0.3) is 0 Å². The molecule has 0 aromatic heterocycles. The monoisotopic (exact) mass is 238 g/mol. The number of rotatable bonds is 3. The second kappa shape index (κ2) is 4.92. The van der Waals surface area contributed by atoms with Crippen LogP contribution in [0.3, 0.4) is 0 Å². The van der Waals surface area contributed by atoms with Crippen LogP contribution in [-0.2, 0) is 13.1 Å².